The lowest BCUT2D eigenvalue weighted by Crippen LogP contribution is -2.20. The molecule has 1 N–H and O–H groups in total. The minimum atomic E-state index is -0.109. The Kier molecular flexibility index (Phi) is 5.03. The van der Waals surface area contributed by atoms with Crippen molar-refractivity contribution in [1.82, 2.24) is 19.6 Å². The number of carbonyl (C=O) groups is 1. The Hall–Kier alpha value is -2.41. The van der Waals surface area contributed by atoms with Gasteiger partial charge >= 0.3 is 0 Å². The number of aromatic nitrogens is 4. The molecule has 0 saturated carbocycles. The zero-order valence-electron chi connectivity index (χ0n) is 14.5. The third kappa shape index (κ3) is 4.17. The van der Waals surface area contributed by atoms with Crippen molar-refractivity contribution in [2.75, 3.05) is 5.32 Å². The predicted octanol–water partition coefficient (Wildman–Crippen LogP) is 3.45. The molecule has 25 heavy (non-hydrogen) atoms. The van der Waals surface area contributed by atoms with Gasteiger partial charge in [0.25, 0.3) is 0 Å². The number of rotatable bonds is 5. The summed E-state index contributed by atoms with van der Waals surface area (Å²) in [6.45, 7) is 6.79. The number of amides is 1. The number of halogens is 1. The zero-order valence-corrected chi connectivity index (χ0v) is 16.0. The molecule has 0 saturated heterocycles. The molecule has 3 aromatic rings. The molecule has 3 rings (SSSR count). The Bertz CT molecular complexity index is 912. The summed E-state index contributed by atoms with van der Waals surface area (Å²) in [5, 5.41) is 11.6. The van der Waals surface area contributed by atoms with Crippen LogP contribution in [0.2, 0.25) is 0 Å². The number of hydrogen-bond donors (Lipinski definition) is 1. The highest BCUT2D eigenvalue weighted by atomic mass is 79.9. The van der Waals surface area contributed by atoms with Crippen molar-refractivity contribution >= 4 is 27.5 Å². The molecule has 0 atom stereocenters. The molecule has 7 heteroatoms. The second kappa shape index (κ2) is 7.23. The molecule has 2 heterocycles. The van der Waals surface area contributed by atoms with Crippen LogP contribution in [0.4, 0.5) is 5.69 Å². The largest absolute Gasteiger partial charge is 0.324 e. The first kappa shape index (κ1) is 17.4. The van der Waals surface area contributed by atoms with Crippen molar-refractivity contribution < 1.29 is 4.79 Å². The summed E-state index contributed by atoms with van der Waals surface area (Å²) in [6.07, 6.45) is 1.69. The molecule has 0 spiro atoms. The van der Waals surface area contributed by atoms with Crippen molar-refractivity contribution in [1.29, 1.82) is 0 Å². The summed E-state index contributed by atoms with van der Waals surface area (Å²) in [7, 11) is 0. The van der Waals surface area contributed by atoms with Gasteiger partial charge < -0.3 is 5.32 Å². The van der Waals surface area contributed by atoms with E-state index in [1.807, 2.05) is 49.7 Å². The second-order valence-electron chi connectivity index (χ2n) is 6.07. The van der Waals surface area contributed by atoms with Gasteiger partial charge in [-0.3, -0.25) is 14.2 Å². The van der Waals surface area contributed by atoms with Crippen LogP contribution in [0, 0.1) is 20.8 Å². The smallest absolute Gasteiger partial charge is 0.246 e. The molecule has 0 bridgehead atoms. The fourth-order valence-corrected chi connectivity index (χ4v) is 2.97. The molecule has 130 valence electrons. The minimum Gasteiger partial charge on any atom is -0.324 e. The van der Waals surface area contributed by atoms with Gasteiger partial charge in [-0.05, 0) is 60.5 Å². The molecule has 0 aliphatic heterocycles. The van der Waals surface area contributed by atoms with E-state index < -0.39 is 0 Å². The molecule has 0 radical (unpaired) electrons. The Balaban J connectivity index is 1.68. The van der Waals surface area contributed by atoms with Crippen LogP contribution in [0.25, 0.3) is 0 Å². The topological polar surface area (TPSA) is 64.7 Å². The SMILES string of the molecule is Cc1cc(C)n(Cc2cccc(NC(=O)Cn3ncc(Br)c3C)c2)n1. The fraction of sp³-hybridized carbons (Fsp3) is 0.278. The molecule has 1 amide bonds. The predicted molar refractivity (Wildman–Crippen MR) is 101 cm³/mol. The average Bonchev–Trinajstić information content (AvgIpc) is 3.03. The molecule has 0 aliphatic rings. The van der Waals surface area contributed by atoms with Crippen molar-refractivity contribution in [2.45, 2.75) is 33.9 Å². The Labute approximate surface area is 155 Å². The van der Waals surface area contributed by atoms with Crippen LogP contribution in [0.1, 0.15) is 22.6 Å². The quantitative estimate of drug-likeness (QED) is 0.711. The van der Waals surface area contributed by atoms with Gasteiger partial charge in [0.1, 0.15) is 6.54 Å². The Morgan fingerprint density at radius 2 is 2.00 bits per heavy atom. The van der Waals surface area contributed by atoms with Crippen molar-refractivity contribution in [3.63, 3.8) is 0 Å². The standard InChI is InChI=1S/C18H20BrN5O/c1-12-7-13(2)23(22-12)10-15-5-4-6-16(8-15)21-18(25)11-24-14(3)17(19)9-20-24/h4-9H,10-11H2,1-3H3,(H,21,25). The first-order chi connectivity index (χ1) is 11.9. The maximum atomic E-state index is 12.3. The lowest BCUT2D eigenvalue weighted by molar-refractivity contribution is -0.116. The first-order valence-electron chi connectivity index (χ1n) is 8.00. The molecule has 0 fully saturated rings. The van der Waals surface area contributed by atoms with Crippen molar-refractivity contribution in [3.8, 4) is 0 Å². The fourth-order valence-electron chi connectivity index (χ4n) is 2.68. The number of benzene rings is 1. The van der Waals surface area contributed by atoms with Gasteiger partial charge in [-0.15, -0.1) is 0 Å². The van der Waals surface area contributed by atoms with E-state index in [2.05, 4.69) is 37.5 Å². The van der Waals surface area contributed by atoms with Gasteiger partial charge in [-0.25, -0.2) is 0 Å². The highest BCUT2D eigenvalue weighted by Crippen LogP contribution is 2.16. The first-order valence-corrected chi connectivity index (χ1v) is 8.79. The lowest BCUT2D eigenvalue weighted by Gasteiger charge is -2.09. The minimum absolute atomic E-state index is 0.109. The Morgan fingerprint density at radius 3 is 2.64 bits per heavy atom. The lowest BCUT2D eigenvalue weighted by atomic mass is 10.2. The summed E-state index contributed by atoms with van der Waals surface area (Å²) >= 11 is 3.40. The van der Waals surface area contributed by atoms with Crippen LogP contribution in [-0.2, 0) is 17.9 Å². The summed E-state index contributed by atoms with van der Waals surface area (Å²) in [5.74, 6) is -0.109. The molecular weight excluding hydrogens is 382 g/mol. The van der Waals surface area contributed by atoms with Crippen LogP contribution < -0.4 is 5.32 Å². The molecule has 0 aliphatic carbocycles. The molecular formula is C18H20BrN5O. The van der Waals surface area contributed by atoms with Gasteiger partial charge in [-0.2, -0.15) is 10.2 Å². The summed E-state index contributed by atoms with van der Waals surface area (Å²) in [4.78, 5) is 12.3. The summed E-state index contributed by atoms with van der Waals surface area (Å²) in [5.41, 5.74) is 4.90. The van der Waals surface area contributed by atoms with E-state index in [0.29, 0.717) is 6.54 Å². The van der Waals surface area contributed by atoms with E-state index in [1.54, 1.807) is 10.9 Å². The van der Waals surface area contributed by atoms with Crippen LogP contribution in [-0.4, -0.2) is 25.5 Å². The van der Waals surface area contributed by atoms with Crippen LogP contribution in [0.5, 0.6) is 0 Å². The molecule has 0 unspecified atom stereocenters. The van der Waals surface area contributed by atoms with Gasteiger partial charge in [0, 0.05) is 11.4 Å². The maximum Gasteiger partial charge on any atom is 0.246 e. The number of nitrogens with zero attached hydrogens (tertiary/aromatic N) is 4. The van der Waals surface area contributed by atoms with E-state index in [9.17, 15) is 4.79 Å². The van der Waals surface area contributed by atoms with E-state index in [1.165, 1.54) is 0 Å². The number of carbonyl (C=O) groups excluding carboxylic acids is 1. The summed E-state index contributed by atoms with van der Waals surface area (Å²) in [6, 6.07) is 9.87. The van der Waals surface area contributed by atoms with E-state index >= 15 is 0 Å². The Morgan fingerprint density at radius 1 is 1.20 bits per heavy atom. The number of aryl methyl sites for hydroxylation is 2. The number of hydrogen-bond acceptors (Lipinski definition) is 3. The van der Waals surface area contributed by atoms with Crippen molar-refractivity contribution in [2.24, 2.45) is 0 Å². The molecule has 1 aromatic carbocycles. The van der Waals surface area contributed by atoms with E-state index in [0.717, 1.165) is 32.8 Å². The van der Waals surface area contributed by atoms with Gasteiger partial charge in [0.2, 0.25) is 5.91 Å². The second-order valence-corrected chi connectivity index (χ2v) is 6.92. The number of nitrogens with one attached hydrogen (secondary N) is 1. The van der Waals surface area contributed by atoms with Crippen molar-refractivity contribution in [3.05, 3.63) is 63.6 Å². The summed E-state index contributed by atoms with van der Waals surface area (Å²) < 4.78 is 4.52. The third-order valence-electron chi connectivity index (χ3n) is 3.98. The van der Waals surface area contributed by atoms with Crippen LogP contribution >= 0.6 is 15.9 Å². The third-order valence-corrected chi connectivity index (χ3v) is 4.76. The van der Waals surface area contributed by atoms with Crippen LogP contribution in [0.3, 0.4) is 0 Å². The normalized spacial score (nSPS) is 10.9. The molecule has 6 nitrogen and oxygen atoms in total. The van der Waals surface area contributed by atoms with Gasteiger partial charge in [-0.1, -0.05) is 12.1 Å². The average molecular weight is 402 g/mol. The van der Waals surface area contributed by atoms with E-state index in [-0.39, 0.29) is 12.5 Å². The monoisotopic (exact) mass is 401 g/mol. The van der Waals surface area contributed by atoms with Gasteiger partial charge in [0.15, 0.2) is 0 Å². The number of anilines is 1. The molecule has 2 aromatic heterocycles. The maximum absolute atomic E-state index is 12.3. The highest BCUT2D eigenvalue weighted by Gasteiger charge is 2.09. The van der Waals surface area contributed by atoms with E-state index in [4.69, 9.17) is 0 Å². The van der Waals surface area contributed by atoms with Crippen LogP contribution in [0.15, 0.2) is 41.0 Å². The zero-order chi connectivity index (χ0) is 18.0. The van der Waals surface area contributed by atoms with Gasteiger partial charge in [0.05, 0.1) is 28.6 Å². The highest BCUT2D eigenvalue weighted by molar-refractivity contribution is 9.10.